The van der Waals surface area contributed by atoms with Gasteiger partial charge in [0.25, 0.3) is 0 Å². The summed E-state index contributed by atoms with van der Waals surface area (Å²) in [6.07, 6.45) is 2.15. The maximum atomic E-state index is 12.8. The van der Waals surface area contributed by atoms with E-state index >= 15 is 0 Å². The highest BCUT2D eigenvalue weighted by Gasteiger charge is 2.48. The van der Waals surface area contributed by atoms with Crippen molar-refractivity contribution in [1.29, 1.82) is 0 Å². The summed E-state index contributed by atoms with van der Waals surface area (Å²) in [5, 5.41) is 0. The van der Waals surface area contributed by atoms with Crippen LogP contribution in [-0.2, 0) is 15.0 Å². The van der Waals surface area contributed by atoms with Crippen LogP contribution in [0.15, 0.2) is 18.2 Å². The van der Waals surface area contributed by atoms with Crippen LogP contribution in [0.4, 0.5) is 5.69 Å². The van der Waals surface area contributed by atoms with E-state index in [9.17, 15) is 9.59 Å². The molecule has 0 spiro atoms. The molecule has 4 nitrogen and oxygen atoms in total. The number of likely N-dealkylation sites (tertiary alicyclic amines) is 1. The summed E-state index contributed by atoms with van der Waals surface area (Å²) in [5.41, 5.74) is 2.74. The average Bonchev–Trinajstić information content (AvgIpc) is 2.85. The number of hydrogen-bond donors (Lipinski definition) is 0. The Morgan fingerprint density at radius 1 is 1.29 bits per heavy atom. The highest BCUT2D eigenvalue weighted by Crippen LogP contribution is 2.45. The third-order valence-corrected chi connectivity index (χ3v) is 5.16. The molecule has 2 aliphatic heterocycles. The Bertz CT molecular complexity index is 625. The standard InChI is InChI=1S/C17H22N2O2/c1-11-5-7-14-13(9-11)17(2,16(21)19(14)4)10-12-6-8-15(20)18(12)3/h5,7,9,12H,6,8,10H2,1-4H3. The molecule has 2 unspecified atom stereocenters. The van der Waals surface area contributed by atoms with E-state index in [0.717, 1.165) is 17.7 Å². The molecule has 2 amide bonds. The van der Waals surface area contributed by atoms with Gasteiger partial charge in [-0.15, -0.1) is 0 Å². The molecular formula is C17H22N2O2. The number of rotatable bonds is 2. The second kappa shape index (κ2) is 4.58. The highest BCUT2D eigenvalue weighted by atomic mass is 16.2. The minimum absolute atomic E-state index is 0.135. The number of likely N-dealkylation sites (N-methyl/N-ethyl adjacent to an activating group) is 1. The van der Waals surface area contributed by atoms with Crippen molar-refractivity contribution in [2.24, 2.45) is 0 Å². The molecule has 2 aliphatic rings. The quantitative estimate of drug-likeness (QED) is 0.836. The number of carbonyl (C=O) groups is 2. The van der Waals surface area contributed by atoms with Gasteiger partial charge in [-0.05, 0) is 38.3 Å². The summed E-state index contributed by atoms with van der Waals surface area (Å²) in [6.45, 7) is 4.07. The minimum atomic E-state index is -0.528. The fraction of sp³-hybridized carbons (Fsp3) is 0.529. The number of nitrogens with zero attached hydrogens (tertiary/aromatic N) is 2. The van der Waals surface area contributed by atoms with Crippen LogP contribution in [-0.4, -0.2) is 36.9 Å². The first-order chi connectivity index (χ1) is 9.84. The second-order valence-electron chi connectivity index (χ2n) is 6.62. The maximum absolute atomic E-state index is 12.8. The molecule has 0 N–H and O–H groups in total. The molecule has 0 bridgehead atoms. The van der Waals surface area contributed by atoms with Gasteiger partial charge in [-0.3, -0.25) is 9.59 Å². The first-order valence-electron chi connectivity index (χ1n) is 7.49. The van der Waals surface area contributed by atoms with Gasteiger partial charge in [-0.1, -0.05) is 17.7 Å². The fourth-order valence-electron chi connectivity index (χ4n) is 3.75. The first-order valence-corrected chi connectivity index (χ1v) is 7.49. The molecule has 0 saturated carbocycles. The lowest BCUT2D eigenvalue weighted by molar-refractivity contribution is -0.129. The molecule has 4 heteroatoms. The van der Waals surface area contributed by atoms with Crippen LogP contribution >= 0.6 is 0 Å². The lowest BCUT2D eigenvalue weighted by Gasteiger charge is -2.30. The van der Waals surface area contributed by atoms with Crippen molar-refractivity contribution in [1.82, 2.24) is 4.90 Å². The third kappa shape index (κ3) is 1.96. The largest absolute Gasteiger partial charge is 0.343 e. The van der Waals surface area contributed by atoms with Crippen LogP contribution in [0.25, 0.3) is 0 Å². The zero-order valence-electron chi connectivity index (χ0n) is 13.1. The monoisotopic (exact) mass is 286 g/mol. The zero-order valence-corrected chi connectivity index (χ0v) is 13.1. The number of hydrogen-bond acceptors (Lipinski definition) is 2. The van der Waals surface area contributed by atoms with Crippen molar-refractivity contribution in [2.75, 3.05) is 19.0 Å². The summed E-state index contributed by atoms with van der Waals surface area (Å²) < 4.78 is 0. The summed E-state index contributed by atoms with van der Waals surface area (Å²) in [6, 6.07) is 6.34. The Morgan fingerprint density at radius 3 is 2.62 bits per heavy atom. The lowest BCUT2D eigenvalue weighted by Crippen LogP contribution is -2.42. The molecule has 0 aliphatic carbocycles. The molecule has 112 valence electrons. The van der Waals surface area contributed by atoms with E-state index in [1.54, 1.807) is 4.90 Å². The number of fused-ring (bicyclic) bond motifs is 1. The van der Waals surface area contributed by atoms with Gasteiger partial charge in [0.05, 0.1) is 5.41 Å². The second-order valence-corrected chi connectivity index (χ2v) is 6.62. The van der Waals surface area contributed by atoms with Crippen molar-refractivity contribution in [3.63, 3.8) is 0 Å². The summed E-state index contributed by atoms with van der Waals surface area (Å²) in [5.74, 6) is 0.322. The summed E-state index contributed by atoms with van der Waals surface area (Å²) >= 11 is 0. The topological polar surface area (TPSA) is 40.6 Å². The Balaban J connectivity index is 1.99. The van der Waals surface area contributed by atoms with Crippen molar-refractivity contribution >= 4 is 17.5 Å². The van der Waals surface area contributed by atoms with Gasteiger partial charge >= 0.3 is 0 Å². The van der Waals surface area contributed by atoms with Crippen LogP contribution < -0.4 is 4.90 Å². The summed E-state index contributed by atoms with van der Waals surface area (Å²) in [4.78, 5) is 28.1. The fourth-order valence-corrected chi connectivity index (χ4v) is 3.75. The van der Waals surface area contributed by atoms with E-state index in [4.69, 9.17) is 0 Å². The van der Waals surface area contributed by atoms with Crippen molar-refractivity contribution in [3.05, 3.63) is 29.3 Å². The maximum Gasteiger partial charge on any atom is 0.237 e. The molecule has 1 fully saturated rings. The van der Waals surface area contributed by atoms with E-state index < -0.39 is 5.41 Å². The predicted octanol–water partition coefficient (Wildman–Crippen LogP) is 2.24. The molecule has 21 heavy (non-hydrogen) atoms. The molecule has 2 heterocycles. The Morgan fingerprint density at radius 2 is 2.00 bits per heavy atom. The number of carbonyl (C=O) groups excluding carboxylic acids is 2. The number of aryl methyl sites for hydroxylation is 1. The Kier molecular flexibility index (Phi) is 3.08. The smallest absolute Gasteiger partial charge is 0.237 e. The van der Waals surface area contributed by atoms with E-state index in [1.165, 1.54) is 5.56 Å². The van der Waals surface area contributed by atoms with E-state index in [1.807, 2.05) is 38.1 Å². The number of amides is 2. The molecule has 3 rings (SSSR count). The SMILES string of the molecule is Cc1ccc2c(c1)C(C)(CC1CCC(=O)N1C)C(=O)N2C. The van der Waals surface area contributed by atoms with Gasteiger partial charge in [0.1, 0.15) is 0 Å². The van der Waals surface area contributed by atoms with E-state index in [-0.39, 0.29) is 17.9 Å². The van der Waals surface area contributed by atoms with Gasteiger partial charge < -0.3 is 9.80 Å². The summed E-state index contributed by atoms with van der Waals surface area (Å²) in [7, 11) is 3.69. The van der Waals surface area contributed by atoms with Crippen molar-refractivity contribution < 1.29 is 9.59 Å². The number of benzene rings is 1. The number of anilines is 1. The predicted molar refractivity (Wildman–Crippen MR) is 82.4 cm³/mol. The highest BCUT2D eigenvalue weighted by molar-refractivity contribution is 6.07. The van der Waals surface area contributed by atoms with Crippen LogP contribution in [0.1, 0.15) is 37.3 Å². The van der Waals surface area contributed by atoms with E-state index in [2.05, 4.69) is 13.0 Å². The van der Waals surface area contributed by atoms with E-state index in [0.29, 0.717) is 12.8 Å². The molecule has 0 radical (unpaired) electrons. The molecule has 0 aromatic heterocycles. The Hall–Kier alpha value is -1.84. The van der Waals surface area contributed by atoms with Crippen LogP contribution in [0, 0.1) is 6.92 Å². The normalized spacial score (nSPS) is 28.5. The molecule has 2 atom stereocenters. The molecule has 1 saturated heterocycles. The van der Waals surface area contributed by atoms with Crippen molar-refractivity contribution in [3.8, 4) is 0 Å². The van der Waals surface area contributed by atoms with Gasteiger partial charge in [-0.25, -0.2) is 0 Å². The van der Waals surface area contributed by atoms with Crippen LogP contribution in [0.2, 0.25) is 0 Å². The van der Waals surface area contributed by atoms with Gasteiger partial charge in [0, 0.05) is 32.2 Å². The van der Waals surface area contributed by atoms with Gasteiger partial charge in [-0.2, -0.15) is 0 Å². The lowest BCUT2D eigenvalue weighted by atomic mass is 9.77. The molecular weight excluding hydrogens is 264 g/mol. The molecule has 1 aromatic carbocycles. The van der Waals surface area contributed by atoms with Gasteiger partial charge in [0.15, 0.2) is 0 Å². The zero-order chi connectivity index (χ0) is 15.4. The third-order valence-electron chi connectivity index (χ3n) is 5.16. The van der Waals surface area contributed by atoms with Crippen LogP contribution in [0.5, 0.6) is 0 Å². The average molecular weight is 286 g/mol. The first kappa shape index (κ1) is 14.1. The molecule has 1 aromatic rings. The van der Waals surface area contributed by atoms with Gasteiger partial charge in [0.2, 0.25) is 11.8 Å². The Labute approximate surface area is 125 Å². The minimum Gasteiger partial charge on any atom is -0.343 e. The van der Waals surface area contributed by atoms with Crippen molar-refractivity contribution in [2.45, 2.75) is 44.6 Å². The van der Waals surface area contributed by atoms with Crippen LogP contribution in [0.3, 0.4) is 0 Å².